The van der Waals surface area contributed by atoms with Gasteiger partial charge < -0.3 is 18.9 Å². The summed E-state index contributed by atoms with van der Waals surface area (Å²) in [5.74, 6) is -3.90. The van der Waals surface area contributed by atoms with Crippen LogP contribution in [-0.2, 0) is 28.5 Å². The molecule has 5 fully saturated rings. The fourth-order valence-corrected chi connectivity index (χ4v) is 7.27. The molecule has 8 heteroatoms. The maximum absolute atomic E-state index is 12.7. The van der Waals surface area contributed by atoms with Gasteiger partial charge in [-0.05, 0) is 50.9 Å². The smallest absolute Gasteiger partial charge is 0.376 e. The predicted molar refractivity (Wildman–Crippen MR) is 129 cm³/mol. The summed E-state index contributed by atoms with van der Waals surface area (Å²) >= 11 is 0. The van der Waals surface area contributed by atoms with Crippen LogP contribution in [0.3, 0.4) is 0 Å². The predicted octanol–water partition coefficient (Wildman–Crippen LogP) is 6.34. The van der Waals surface area contributed by atoms with Crippen LogP contribution in [0.15, 0.2) is 0 Å². The van der Waals surface area contributed by atoms with E-state index in [2.05, 4.69) is 4.74 Å². The van der Waals surface area contributed by atoms with Crippen molar-refractivity contribution in [1.29, 1.82) is 0 Å². The highest BCUT2D eigenvalue weighted by Crippen LogP contribution is 2.63. The van der Waals surface area contributed by atoms with Crippen molar-refractivity contribution in [2.75, 3.05) is 19.8 Å². The monoisotopic (exact) mass is 514 g/mol. The van der Waals surface area contributed by atoms with Gasteiger partial charge in [-0.1, -0.05) is 51.4 Å². The van der Waals surface area contributed by atoms with Gasteiger partial charge in [0.1, 0.15) is 5.60 Å². The molecule has 4 saturated carbocycles. The topological polar surface area (TPSA) is 71.1 Å². The number of ether oxygens (including phenoxy) is 4. The van der Waals surface area contributed by atoms with Crippen LogP contribution in [0.5, 0.6) is 0 Å². The number of unbranched alkanes of at least 4 members (excludes halogenated alkanes) is 9. The van der Waals surface area contributed by atoms with Gasteiger partial charge in [0.2, 0.25) is 0 Å². The Kier molecular flexibility index (Phi) is 9.29. The number of alkyl halides is 2. The number of carbonyl (C=O) groups is 2. The third-order valence-corrected chi connectivity index (χ3v) is 8.71. The highest BCUT2D eigenvalue weighted by atomic mass is 19.3. The number of rotatable bonds is 15. The number of halogens is 2. The molecule has 5 rings (SSSR count). The van der Waals surface area contributed by atoms with Crippen molar-refractivity contribution in [1.82, 2.24) is 0 Å². The summed E-state index contributed by atoms with van der Waals surface area (Å²) in [4.78, 5) is 23.6. The van der Waals surface area contributed by atoms with E-state index < -0.39 is 17.7 Å². The molecule has 36 heavy (non-hydrogen) atoms. The minimum absolute atomic E-state index is 0.0346. The van der Waals surface area contributed by atoms with E-state index in [0.29, 0.717) is 50.7 Å². The molecule has 2 unspecified atom stereocenters. The van der Waals surface area contributed by atoms with Crippen molar-refractivity contribution in [3.63, 3.8) is 0 Å². The van der Waals surface area contributed by atoms with Crippen molar-refractivity contribution in [3.05, 3.63) is 0 Å². The maximum Gasteiger partial charge on any atom is 0.376 e. The van der Waals surface area contributed by atoms with Crippen LogP contribution in [0, 0.1) is 17.8 Å². The summed E-state index contributed by atoms with van der Waals surface area (Å²) in [5.41, 5.74) is -0.281. The Labute approximate surface area is 214 Å². The molecule has 1 aliphatic heterocycles. The van der Waals surface area contributed by atoms with Crippen LogP contribution in [0.2, 0.25) is 0 Å². The number of hydrogen-bond donors (Lipinski definition) is 0. The third kappa shape index (κ3) is 6.77. The Morgan fingerprint density at radius 3 is 1.92 bits per heavy atom. The molecule has 0 aromatic carbocycles. The first-order valence-electron chi connectivity index (χ1n) is 14.3. The van der Waals surface area contributed by atoms with Crippen LogP contribution in [0.4, 0.5) is 8.78 Å². The Balaban J connectivity index is 0.990. The molecule has 4 bridgehead atoms. The first kappa shape index (κ1) is 27.7. The number of carbonyl (C=O) groups excluding carboxylic acids is 2. The first-order valence-corrected chi connectivity index (χ1v) is 14.3. The molecule has 0 amide bonds. The van der Waals surface area contributed by atoms with Gasteiger partial charge in [0.05, 0.1) is 19.8 Å². The fourth-order valence-electron chi connectivity index (χ4n) is 7.27. The third-order valence-electron chi connectivity index (χ3n) is 8.71. The molecule has 6 nitrogen and oxygen atoms in total. The molecule has 0 radical (unpaired) electrons. The highest BCUT2D eigenvalue weighted by molar-refractivity contribution is 5.76. The first-order chi connectivity index (χ1) is 17.2. The van der Waals surface area contributed by atoms with Crippen molar-refractivity contribution < 1.29 is 37.3 Å². The second kappa shape index (κ2) is 12.1. The molecular formula is C28H44F2O6. The number of hydrogen-bond acceptors (Lipinski definition) is 6. The van der Waals surface area contributed by atoms with E-state index in [9.17, 15) is 18.4 Å². The van der Waals surface area contributed by atoms with Gasteiger partial charge in [0.15, 0.2) is 5.79 Å². The van der Waals surface area contributed by atoms with E-state index in [1.165, 1.54) is 6.42 Å². The minimum Gasteiger partial charge on any atom is -0.461 e. The Morgan fingerprint density at radius 1 is 0.833 bits per heavy atom. The summed E-state index contributed by atoms with van der Waals surface area (Å²) in [6, 6.07) is 0. The van der Waals surface area contributed by atoms with E-state index in [0.717, 1.165) is 83.5 Å². The van der Waals surface area contributed by atoms with Crippen molar-refractivity contribution in [2.24, 2.45) is 17.8 Å². The summed E-state index contributed by atoms with van der Waals surface area (Å²) in [7, 11) is 0. The SMILES string of the molecule is CC(F)(F)C(=O)OCCCCCCCCCCCCC(=O)OC12CC3CC(C1)C1(OCCO1)C(C3)C2. The standard InChI is InChI=1S/C28H44F2O6/c1-26(29,30)25(32)33-13-11-9-7-5-3-2-4-6-8-10-12-24(31)36-27-18-21-16-22(19-27)28(23(17-21)20-27)34-14-15-35-28/h21-23H,2-20H2,1H3. The molecular weight excluding hydrogens is 470 g/mol. The zero-order chi connectivity index (χ0) is 25.7. The van der Waals surface area contributed by atoms with Gasteiger partial charge in [0, 0.05) is 25.2 Å². The van der Waals surface area contributed by atoms with E-state index in [-0.39, 0.29) is 18.2 Å². The number of esters is 2. The highest BCUT2D eigenvalue weighted by Gasteiger charge is 2.66. The van der Waals surface area contributed by atoms with Crippen molar-refractivity contribution >= 4 is 11.9 Å². The van der Waals surface area contributed by atoms with E-state index in [1.807, 2.05) is 0 Å². The Morgan fingerprint density at radius 2 is 1.36 bits per heavy atom. The quantitative estimate of drug-likeness (QED) is 0.188. The van der Waals surface area contributed by atoms with E-state index >= 15 is 0 Å². The van der Waals surface area contributed by atoms with Gasteiger partial charge in [0.25, 0.3) is 0 Å². The molecule has 0 aromatic rings. The lowest BCUT2D eigenvalue weighted by molar-refractivity contribution is -0.314. The van der Waals surface area contributed by atoms with Crippen LogP contribution < -0.4 is 0 Å². The summed E-state index contributed by atoms with van der Waals surface area (Å²) in [6.45, 7) is 2.00. The zero-order valence-corrected chi connectivity index (χ0v) is 21.9. The average Bonchev–Trinajstić information content (AvgIpc) is 3.30. The largest absolute Gasteiger partial charge is 0.461 e. The lowest BCUT2D eigenvalue weighted by atomic mass is 9.51. The lowest BCUT2D eigenvalue weighted by Gasteiger charge is -2.62. The molecule has 0 aromatic heterocycles. The van der Waals surface area contributed by atoms with Crippen LogP contribution >= 0.6 is 0 Å². The van der Waals surface area contributed by atoms with Gasteiger partial charge in [-0.3, -0.25) is 4.79 Å². The van der Waals surface area contributed by atoms with Gasteiger partial charge in [-0.2, -0.15) is 8.78 Å². The Bertz CT molecular complexity index is 727. The van der Waals surface area contributed by atoms with Crippen LogP contribution in [0.25, 0.3) is 0 Å². The van der Waals surface area contributed by atoms with Crippen molar-refractivity contribution in [3.8, 4) is 0 Å². The molecule has 1 heterocycles. The second-order valence-electron chi connectivity index (χ2n) is 11.7. The maximum atomic E-state index is 12.7. The van der Waals surface area contributed by atoms with Crippen LogP contribution in [0.1, 0.15) is 110 Å². The van der Waals surface area contributed by atoms with E-state index in [1.54, 1.807) is 0 Å². The normalized spacial score (nSPS) is 30.1. The molecule has 1 spiro atoms. The van der Waals surface area contributed by atoms with Crippen molar-refractivity contribution in [2.45, 2.75) is 127 Å². The zero-order valence-electron chi connectivity index (χ0n) is 21.9. The average molecular weight is 515 g/mol. The Hall–Kier alpha value is -1.28. The molecule has 1 saturated heterocycles. The molecule has 2 atom stereocenters. The molecule has 4 aliphatic carbocycles. The van der Waals surface area contributed by atoms with E-state index in [4.69, 9.17) is 14.2 Å². The summed E-state index contributed by atoms with van der Waals surface area (Å²) < 4.78 is 48.4. The lowest BCUT2D eigenvalue weighted by Crippen LogP contribution is -2.65. The molecule has 5 aliphatic rings. The van der Waals surface area contributed by atoms with Gasteiger partial charge >= 0.3 is 17.9 Å². The fraction of sp³-hybridized carbons (Fsp3) is 0.929. The van der Waals surface area contributed by atoms with Crippen LogP contribution in [-0.4, -0.2) is 49.1 Å². The second-order valence-corrected chi connectivity index (χ2v) is 11.7. The van der Waals surface area contributed by atoms with Gasteiger partial charge in [-0.15, -0.1) is 0 Å². The summed E-state index contributed by atoms with van der Waals surface area (Å²) in [6.07, 6.45) is 15.8. The molecule has 206 valence electrons. The molecule has 0 N–H and O–H groups in total. The minimum atomic E-state index is -3.40. The van der Waals surface area contributed by atoms with Gasteiger partial charge in [-0.25, -0.2) is 4.79 Å². The summed E-state index contributed by atoms with van der Waals surface area (Å²) in [5, 5.41) is 0.